The molecule has 3 nitrogen and oxygen atoms in total. The molecule has 1 atom stereocenters. The van der Waals surface area contributed by atoms with Crippen LogP contribution in [0.1, 0.15) is 17.2 Å². The Bertz CT molecular complexity index is 780. The lowest BCUT2D eigenvalue weighted by molar-refractivity contribution is 0.302. The van der Waals surface area contributed by atoms with Gasteiger partial charge in [-0.2, -0.15) is 0 Å². The maximum atomic E-state index is 5.95. The van der Waals surface area contributed by atoms with Crippen molar-refractivity contribution in [1.82, 2.24) is 9.97 Å². The third-order valence-electron chi connectivity index (χ3n) is 3.73. The molecule has 0 amide bonds. The summed E-state index contributed by atoms with van der Waals surface area (Å²) in [6, 6.07) is 15.6. The summed E-state index contributed by atoms with van der Waals surface area (Å²) in [7, 11) is 0. The standard InChI is InChI=1S/C19H18ClN2O/c1-13-5-3-4-6-17(13)23-11-14(2)18-19(22-12-21-18)15-7-9-16(20)10-8-15/h3-10,12,14H,2,11H2,1H3,(H,21,22). The largest absolute Gasteiger partial charge is 0.493 e. The quantitative estimate of drug-likeness (QED) is 0.714. The van der Waals surface area contributed by atoms with E-state index in [1.165, 1.54) is 0 Å². The third-order valence-corrected chi connectivity index (χ3v) is 3.98. The molecule has 1 N–H and O–H groups in total. The van der Waals surface area contributed by atoms with Gasteiger partial charge in [-0.1, -0.05) is 41.9 Å². The minimum Gasteiger partial charge on any atom is -0.493 e. The average Bonchev–Trinajstić information content (AvgIpc) is 3.04. The van der Waals surface area contributed by atoms with E-state index in [0.717, 1.165) is 28.3 Å². The molecule has 3 rings (SSSR count). The second kappa shape index (κ2) is 6.88. The van der Waals surface area contributed by atoms with Gasteiger partial charge in [0.2, 0.25) is 0 Å². The number of imidazole rings is 1. The van der Waals surface area contributed by atoms with Crippen LogP contribution in [0, 0.1) is 13.8 Å². The van der Waals surface area contributed by atoms with Crippen molar-refractivity contribution in [2.45, 2.75) is 12.8 Å². The number of hydrogen-bond donors (Lipinski definition) is 1. The van der Waals surface area contributed by atoms with Gasteiger partial charge in [-0.25, -0.2) is 4.98 Å². The highest BCUT2D eigenvalue weighted by molar-refractivity contribution is 6.30. The molecule has 2 aromatic carbocycles. The van der Waals surface area contributed by atoms with Crippen LogP contribution < -0.4 is 4.74 Å². The van der Waals surface area contributed by atoms with Gasteiger partial charge < -0.3 is 9.72 Å². The number of benzene rings is 2. The molecule has 1 aromatic heterocycles. The van der Waals surface area contributed by atoms with Gasteiger partial charge in [-0.15, -0.1) is 0 Å². The van der Waals surface area contributed by atoms with E-state index in [1.54, 1.807) is 6.33 Å². The number of para-hydroxylation sites is 1. The summed E-state index contributed by atoms with van der Waals surface area (Å²) >= 11 is 5.95. The Hall–Kier alpha value is -2.26. The van der Waals surface area contributed by atoms with Crippen LogP contribution in [0.2, 0.25) is 5.02 Å². The number of nitrogens with zero attached hydrogens (tertiary/aromatic N) is 1. The van der Waals surface area contributed by atoms with E-state index < -0.39 is 0 Å². The number of rotatable bonds is 5. The van der Waals surface area contributed by atoms with Crippen molar-refractivity contribution in [3.8, 4) is 17.0 Å². The first kappa shape index (κ1) is 15.6. The smallest absolute Gasteiger partial charge is 0.122 e. The molecule has 3 aromatic rings. The van der Waals surface area contributed by atoms with E-state index in [1.807, 2.05) is 55.5 Å². The first-order chi connectivity index (χ1) is 11.1. The zero-order valence-electron chi connectivity index (χ0n) is 12.9. The maximum absolute atomic E-state index is 5.95. The molecule has 0 bridgehead atoms. The minimum absolute atomic E-state index is 0.0530. The molecule has 1 radical (unpaired) electrons. The van der Waals surface area contributed by atoms with Crippen molar-refractivity contribution >= 4 is 11.6 Å². The Morgan fingerprint density at radius 3 is 2.65 bits per heavy atom. The van der Waals surface area contributed by atoms with Crippen LogP contribution in [-0.2, 0) is 0 Å². The fourth-order valence-electron chi connectivity index (χ4n) is 2.45. The van der Waals surface area contributed by atoms with Gasteiger partial charge in [-0.05, 0) is 37.6 Å². The van der Waals surface area contributed by atoms with Gasteiger partial charge in [0.15, 0.2) is 0 Å². The molecule has 0 aliphatic rings. The molecule has 0 aliphatic heterocycles. The van der Waals surface area contributed by atoms with Crippen molar-refractivity contribution in [3.63, 3.8) is 0 Å². The van der Waals surface area contributed by atoms with Crippen LogP contribution in [0.15, 0.2) is 54.9 Å². The number of hydrogen-bond acceptors (Lipinski definition) is 2. The van der Waals surface area contributed by atoms with E-state index in [0.29, 0.717) is 11.6 Å². The monoisotopic (exact) mass is 325 g/mol. The molecule has 0 aliphatic carbocycles. The lowest BCUT2D eigenvalue weighted by Gasteiger charge is -2.15. The van der Waals surface area contributed by atoms with E-state index >= 15 is 0 Å². The highest BCUT2D eigenvalue weighted by atomic mass is 35.5. The molecule has 117 valence electrons. The van der Waals surface area contributed by atoms with Gasteiger partial charge >= 0.3 is 0 Å². The number of aromatic amines is 1. The van der Waals surface area contributed by atoms with Crippen LogP contribution in [0.5, 0.6) is 5.75 Å². The summed E-state index contributed by atoms with van der Waals surface area (Å²) in [6.07, 6.45) is 1.69. The van der Waals surface area contributed by atoms with E-state index in [2.05, 4.69) is 16.9 Å². The van der Waals surface area contributed by atoms with Crippen LogP contribution in [0.3, 0.4) is 0 Å². The van der Waals surface area contributed by atoms with Gasteiger partial charge in [0.05, 0.1) is 18.6 Å². The molecule has 0 saturated heterocycles. The number of ether oxygens (including phenoxy) is 1. The molecular formula is C19H18ClN2O. The predicted octanol–water partition coefficient (Wildman–Crippen LogP) is 5.04. The zero-order chi connectivity index (χ0) is 16.2. The Labute approximate surface area is 141 Å². The summed E-state index contributed by atoms with van der Waals surface area (Å²) in [4.78, 5) is 7.60. The Balaban J connectivity index is 1.76. The summed E-state index contributed by atoms with van der Waals surface area (Å²) in [6.45, 7) is 6.72. The lowest BCUT2D eigenvalue weighted by atomic mass is 10.0. The molecule has 1 unspecified atom stereocenters. The van der Waals surface area contributed by atoms with Crippen LogP contribution in [0.25, 0.3) is 11.3 Å². The average molecular weight is 326 g/mol. The number of H-pyrrole nitrogens is 1. The first-order valence-corrected chi connectivity index (χ1v) is 7.83. The normalized spacial score (nSPS) is 12.1. The fourth-order valence-corrected chi connectivity index (χ4v) is 2.57. The molecule has 4 heteroatoms. The topological polar surface area (TPSA) is 37.9 Å². The summed E-state index contributed by atoms with van der Waals surface area (Å²) < 4.78 is 5.90. The summed E-state index contributed by atoms with van der Waals surface area (Å²) in [5.74, 6) is 0.830. The Morgan fingerprint density at radius 1 is 1.17 bits per heavy atom. The molecule has 23 heavy (non-hydrogen) atoms. The number of aromatic nitrogens is 2. The van der Waals surface area contributed by atoms with Gasteiger partial charge in [-0.3, -0.25) is 0 Å². The van der Waals surface area contributed by atoms with Crippen molar-refractivity contribution in [1.29, 1.82) is 0 Å². The zero-order valence-corrected chi connectivity index (χ0v) is 13.7. The third kappa shape index (κ3) is 3.57. The molecule has 0 spiro atoms. The van der Waals surface area contributed by atoms with Gasteiger partial charge in [0, 0.05) is 22.2 Å². The molecule has 1 heterocycles. The van der Waals surface area contributed by atoms with Crippen LogP contribution >= 0.6 is 11.6 Å². The molecule has 0 fully saturated rings. The van der Waals surface area contributed by atoms with Crippen molar-refractivity contribution in [3.05, 3.63) is 78.1 Å². The summed E-state index contributed by atoms with van der Waals surface area (Å²) in [5, 5.41) is 0.708. The molecular weight excluding hydrogens is 308 g/mol. The maximum Gasteiger partial charge on any atom is 0.122 e. The second-order valence-electron chi connectivity index (χ2n) is 5.45. The SMILES string of the molecule is [CH2]C(COc1ccccc1C)c1[nH]cnc1-c1ccc(Cl)cc1. The molecule has 0 saturated carbocycles. The van der Waals surface area contributed by atoms with Gasteiger partial charge in [0.1, 0.15) is 5.75 Å². The highest BCUT2D eigenvalue weighted by Gasteiger charge is 2.16. The number of halogens is 1. The van der Waals surface area contributed by atoms with Crippen molar-refractivity contribution in [2.75, 3.05) is 6.61 Å². The van der Waals surface area contributed by atoms with Crippen LogP contribution in [-0.4, -0.2) is 16.6 Å². The van der Waals surface area contributed by atoms with Crippen molar-refractivity contribution < 1.29 is 4.74 Å². The van der Waals surface area contributed by atoms with Gasteiger partial charge in [0.25, 0.3) is 0 Å². The number of aryl methyl sites for hydroxylation is 1. The summed E-state index contributed by atoms with van der Waals surface area (Å²) in [5.41, 5.74) is 3.97. The lowest BCUT2D eigenvalue weighted by Crippen LogP contribution is -2.09. The Morgan fingerprint density at radius 2 is 1.91 bits per heavy atom. The Kier molecular flexibility index (Phi) is 4.68. The predicted molar refractivity (Wildman–Crippen MR) is 93.8 cm³/mol. The second-order valence-corrected chi connectivity index (χ2v) is 5.88. The van der Waals surface area contributed by atoms with E-state index in [9.17, 15) is 0 Å². The fraction of sp³-hybridized carbons (Fsp3) is 0.158. The number of nitrogens with one attached hydrogen (secondary N) is 1. The highest BCUT2D eigenvalue weighted by Crippen LogP contribution is 2.28. The van der Waals surface area contributed by atoms with E-state index in [-0.39, 0.29) is 5.92 Å². The minimum atomic E-state index is -0.0530. The van der Waals surface area contributed by atoms with Crippen LogP contribution in [0.4, 0.5) is 0 Å². The van der Waals surface area contributed by atoms with E-state index in [4.69, 9.17) is 16.3 Å². The first-order valence-electron chi connectivity index (χ1n) is 7.46. The van der Waals surface area contributed by atoms with Crippen molar-refractivity contribution in [2.24, 2.45) is 0 Å².